The van der Waals surface area contributed by atoms with Crippen molar-refractivity contribution in [3.63, 3.8) is 0 Å². The zero-order valence-electron chi connectivity index (χ0n) is 11.7. The molecule has 0 amide bonds. The molecule has 0 aliphatic heterocycles. The molecule has 0 aromatic heterocycles. The van der Waals surface area contributed by atoms with Crippen LogP contribution in [-0.2, 0) is 4.79 Å². The molecule has 2 aliphatic rings. The Hall–Kier alpha value is -0.340. The standard InChI is InChI=1S/C15H23ClO2/c1-9-5-6-10-14(2,3)11(17)7-8-15(10,4)12(9)13(16)18/h10-11,17H,5-8H2,1-4H3/t10-,11-,15-/m0/s1. The summed E-state index contributed by atoms with van der Waals surface area (Å²) in [7, 11) is 0. The molecule has 0 radical (unpaired) electrons. The summed E-state index contributed by atoms with van der Waals surface area (Å²) in [5.41, 5.74) is 1.65. The van der Waals surface area contributed by atoms with Gasteiger partial charge in [-0.15, -0.1) is 0 Å². The lowest BCUT2D eigenvalue weighted by molar-refractivity contribution is -0.116. The lowest BCUT2D eigenvalue weighted by atomic mass is 9.49. The van der Waals surface area contributed by atoms with Crippen molar-refractivity contribution in [2.24, 2.45) is 16.7 Å². The van der Waals surface area contributed by atoms with E-state index < -0.39 is 0 Å². The van der Waals surface area contributed by atoms with Crippen LogP contribution in [0.1, 0.15) is 53.4 Å². The lowest BCUT2D eigenvalue weighted by Gasteiger charge is -2.56. The Bertz CT molecular complexity index is 411. The Balaban J connectivity index is 2.51. The molecule has 1 N–H and O–H groups in total. The maximum Gasteiger partial charge on any atom is 0.248 e. The van der Waals surface area contributed by atoms with E-state index in [2.05, 4.69) is 20.8 Å². The number of aliphatic hydroxyl groups is 1. The Morgan fingerprint density at radius 2 is 1.94 bits per heavy atom. The molecule has 1 saturated carbocycles. The zero-order chi connectivity index (χ0) is 13.7. The van der Waals surface area contributed by atoms with Gasteiger partial charge in [-0.25, -0.2) is 0 Å². The highest BCUT2D eigenvalue weighted by atomic mass is 35.5. The average Bonchev–Trinajstić information content (AvgIpc) is 2.23. The van der Waals surface area contributed by atoms with E-state index in [1.54, 1.807) is 0 Å². The minimum atomic E-state index is -0.299. The predicted octanol–water partition coefficient (Wildman–Crippen LogP) is 3.67. The number of fused-ring (bicyclic) bond motifs is 1. The van der Waals surface area contributed by atoms with E-state index in [9.17, 15) is 9.90 Å². The van der Waals surface area contributed by atoms with Crippen molar-refractivity contribution < 1.29 is 9.90 Å². The highest BCUT2D eigenvalue weighted by Gasteiger charge is 2.54. The van der Waals surface area contributed by atoms with Gasteiger partial charge in [-0.3, -0.25) is 4.79 Å². The Morgan fingerprint density at radius 3 is 2.50 bits per heavy atom. The summed E-state index contributed by atoms with van der Waals surface area (Å²) in [6, 6.07) is 0. The van der Waals surface area contributed by atoms with Crippen molar-refractivity contribution in [1.29, 1.82) is 0 Å². The minimum absolute atomic E-state index is 0.148. The smallest absolute Gasteiger partial charge is 0.248 e. The van der Waals surface area contributed by atoms with Crippen molar-refractivity contribution in [3.8, 4) is 0 Å². The van der Waals surface area contributed by atoms with E-state index in [0.717, 1.165) is 36.8 Å². The summed E-state index contributed by atoms with van der Waals surface area (Å²) in [6.45, 7) is 8.42. The highest BCUT2D eigenvalue weighted by Crippen LogP contribution is 2.59. The molecule has 0 bridgehead atoms. The molecule has 3 heteroatoms. The van der Waals surface area contributed by atoms with Crippen LogP contribution < -0.4 is 0 Å². The van der Waals surface area contributed by atoms with Crippen LogP contribution in [0.4, 0.5) is 0 Å². The highest BCUT2D eigenvalue weighted by molar-refractivity contribution is 6.67. The fourth-order valence-corrected chi connectivity index (χ4v) is 4.77. The molecular formula is C15H23ClO2. The first-order valence-corrected chi connectivity index (χ1v) is 7.17. The van der Waals surface area contributed by atoms with Crippen molar-refractivity contribution >= 4 is 16.8 Å². The van der Waals surface area contributed by atoms with Gasteiger partial charge < -0.3 is 5.11 Å². The van der Waals surface area contributed by atoms with E-state index in [1.807, 2.05) is 6.92 Å². The molecular weight excluding hydrogens is 248 g/mol. The second-order valence-corrected chi connectivity index (χ2v) is 7.16. The van der Waals surface area contributed by atoms with Gasteiger partial charge in [0.25, 0.3) is 0 Å². The minimum Gasteiger partial charge on any atom is -0.393 e. The molecule has 0 spiro atoms. The van der Waals surface area contributed by atoms with Crippen molar-refractivity contribution in [1.82, 2.24) is 0 Å². The van der Waals surface area contributed by atoms with Gasteiger partial charge in [-0.1, -0.05) is 26.3 Å². The summed E-state index contributed by atoms with van der Waals surface area (Å²) < 4.78 is 0. The molecule has 2 rings (SSSR count). The maximum atomic E-state index is 11.8. The molecule has 18 heavy (non-hydrogen) atoms. The maximum absolute atomic E-state index is 11.8. The van der Waals surface area contributed by atoms with Gasteiger partial charge in [0, 0.05) is 11.0 Å². The van der Waals surface area contributed by atoms with Crippen LogP contribution in [0.3, 0.4) is 0 Å². The van der Waals surface area contributed by atoms with Crippen LogP contribution in [0.2, 0.25) is 0 Å². The number of hydrogen-bond acceptors (Lipinski definition) is 2. The molecule has 3 atom stereocenters. The molecule has 0 unspecified atom stereocenters. The molecule has 0 aromatic rings. The normalized spacial score (nSPS) is 39.4. The fourth-order valence-electron chi connectivity index (χ4n) is 4.39. The monoisotopic (exact) mass is 270 g/mol. The topological polar surface area (TPSA) is 37.3 Å². The third kappa shape index (κ3) is 1.85. The van der Waals surface area contributed by atoms with Crippen LogP contribution in [0.25, 0.3) is 0 Å². The quantitative estimate of drug-likeness (QED) is 0.738. The number of carbonyl (C=O) groups excluding carboxylic acids is 1. The summed E-state index contributed by atoms with van der Waals surface area (Å²) in [6.07, 6.45) is 3.29. The molecule has 102 valence electrons. The SMILES string of the molecule is CC1=C(C(=O)Cl)[C@@]2(C)CC[C@H](O)C(C)(C)[C@@H]2CC1. The van der Waals surface area contributed by atoms with Crippen LogP contribution in [0.5, 0.6) is 0 Å². The van der Waals surface area contributed by atoms with Gasteiger partial charge in [0.05, 0.1) is 6.10 Å². The van der Waals surface area contributed by atoms with Gasteiger partial charge in [0.15, 0.2) is 0 Å². The van der Waals surface area contributed by atoms with E-state index in [0.29, 0.717) is 5.92 Å². The van der Waals surface area contributed by atoms with E-state index >= 15 is 0 Å². The van der Waals surface area contributed by atoms with Crippen LogP contribution in [0.15, 0.2) is 11.1 Å². The summed E-state index contributed by atoms with van der Waals surface area (Å²) in [5.74, 6) is 0.329. The Labute approximate surface area is 114 Å². The first-order chi connectivity index (χ1) is 8.21. The van der Waals surface area contributed by atoms with Gasteiger partial charge in [-0.2, -0.15) is 0 Å². The summed E-state index contributed by atoms with van der Waals surface area (Å²) >= 11 is 5.83. The van der Waals surface area contributed by atoms with Crippen molar-refractivity contribution in [2.75, 3.05) is 0 Å². The van der Waals surface area contributed by atoms with Crippen LogP contribution in [-0.4, -0.2) is 16.5 Å². The molecule has 0 saturated heterocycles. The second kappa shape index (κ2) is 4.35. The predicted molar refractivity (Wildman–Crippen MR) is 73.4 cm³/mol. The van der Waals surface area contributed by atoms with Crippen molar-refractivity contribution in [2.45, 2.75) is 59.5 Å². The summed E-state index contributed by atoms with van der Waals surface area (Å²) in [5, 5.41) is 9.95. The number of rotatable bonds is 1. The van der Waals surface area contributed by atoms with Gasteiger partial charge in [0.2, 0.25) is 5.24 Å². The van der Waals surface area contributed by atoms with Crippen molar-refractivity contribution in [3.05, 3.63) is 11.1 Å². The van der Waals surface area contributed by atoms with E-state index in [4.69, 9.17) is 11.6 Å². The van der Waals surface area contributed by atoms with Gasteiger partial charge in [-0.05, 0) is 55.5 Å². The molecule has 1 fully saturated rings. The Kier molecular flexibility index (Phi) is 3.40. The largest absolute Gasteiger partial charge is 0.393 e. The lowest BCUT2D eigenvalue weighted by Crippen LogP contribution is -2.52. The van der Waals surface area contributed by atoms with Gasteiger partial charge >= 0.3 is 0 Å². The number of allylic oxidation sites excluding steroid dienone is 2. The zero-order valence-corrected chi connectivity index (χ0v) is 12.5. The second-order valence-electron chi connectivity index (χ2n) is 6.81. The molecule has 0 aromatic carbocycles. The number of hydrogen-bond donors (Lipinski definition) is 1. The molecule has 2 nitrogen and oxygen atoms in total. The van der Waals surface area contributed by atoms with E-state index in [1.165, 1.54) is 0 Å². The van der Waals surface area contributed by atoms with Gasteiger partial charge in [0.1, 0.15) is 0 Å². The Morgan fingerprint density at radius 1 is 1.33 bits per heavy atom. The molecule has 2 aliphatic carbocycles. The van der Waals surface area contributed by atoms with Crippen LogP contribution in [0, 0.1) is 16.7 Å². The first-order valence-electron chi connectivity index (χ1n) is 6.79. The third-order valence-corrected chi connectivity index (χ3v) is 5.65. The molecule has 0 heterocycles. The number of halogens is 1. The third-order valence-electron chi connectivity index (χ3n) is 5.47. The number of aliphatic hydroxyl groups excluding tert-OH is 1. The van der Waals surface area contributed by atoms with E-state index in [-0.39, 0.29) is 22.2 Å². The average molecular weight is 271 g/mol. The summed E-state index contributed by atoms with van der Waals surface area (Å²) in [4.78, 5) is 11.8. The van der Waals surface area contributed by atoms with Crippen LogP contribution >= 0.6 is 11.6 Å². The fraction of sp³-hybridized carbons (Fsp3) is 0.800. The first kappa shape index (κ1) is 14.1. The number of carbonyl (C=O) groups is 1.